The van der Waals surface area contributed by atoms with E-state index in [0.29, 0.717) is 19.5 Å². The molecule has 1 N–H and O–H groups in total. The minimum absolute atomic E-state index is 0.216. The van der Waals surface area contributed by atoms with Gasteiger partial charge < -0.3 is 14.7 Å². The Balaban J connectivity index is 2.38. The molecule has 1 saturated heterocycles. The first-order valence-corrected chi connectivity index (χ1v) is 7.59. The van der Waals surface area contributed by atoms with Gasteiger partial charge in [0.1, 0.15) is 11.2 Å². The van der Waals surface area contributed by atoms with Gasteiger partial charge in [0.05, 0.1) is 13.1 Å². The van der Waals surface area contributed by atoms with Crippen LogP contribution in [0.25, 0.3) is 0 Å². The number of likely N-dealkylation sites (tertiary alicyclic amines) is 1. The van der Waals surface area contributed by atoms with Gasteiger partial charge in [0, 0.05) is 10.2 Å². The molecule has 1 heterocycles. The van der Waals surface area contributed by atoms with E-state index in [1.807, 2.05) is 20.8 Å². The molecule has 100 valence electrons. The monoisotopic (exact) mass is 371 g/mol. The first-order valence-electron chi connectivity index (χ1n) is 5.55. The quantitative estimate of drug-likeness (QED) is 0.774. The molecule has 6 heteroatoms. The molecule has 4 nitrogen and oxygen atoms in total. The molecule has 0 aliphatic carbocycles. The zero-order valence-electron chi connectivity index (χ0n) is 10.4. The number of hydrogen-bond acceptors (Lipinski definition) is 3. The van der Waals surface area contributed by atoms with Gasteiger partial charge in [0.2, 0.25) is 0 Å². The molecule has 1 aliphatic heterocycles. The second-order valence-corrected chi connectivity index (χ2v) is 7.46. The van der Waals surface area contributed by atoms with Crippen LogP contribution < -0.4 is 0 Å². The van der Waals surface area contributed by atoms with E-state index >= 15 is 0 Å². The summed E-state index contributed by atoms with van der Waals surface area (Å²) in [5, 5.41) is 10.9. The number of alkyl halides is 2. The summed E-state index contributed by atoms with van der Waals surface area (Å²) < 4.78 is 5.22. The van der Waals surface area contributed by atoms with E-state index in [1.54, 1.807) is 0 Å². The Morgan fingerprint density at radius 3 is 2.47 bits per heavy atom. The Bertz CT molecular complexity index is 285. The summed E-state index contributed by atoms with van der Waals surface area (Å²) >= 11 is 6.79. The Hall–Kier alpha value is 0.190. The van der Waals surface area contributed by atoms with Gasteiger partial charge in [0.25, 0.3) is 0 Å². The fourth-order valence-electron chi connectivity index (χ4n) is 1.72. The van der Waals surface area contributed by atoms with Gasteiger partial charge in [-0.2, -0.15) is 0 Å². The van der Waals surface area contributed by atoms with Crippen molar-refractivity contribution in [3.8, 4) is 0 Å². The van der Waals surface area contributed by atoms with Crippen LogP contribution in [-0.4, -0.2) is 50.5 Å². The van der Waals surface area contributed by atoms with E-state index in [9.17, 15) is 9.90 Å². The minimum Gasteiger partial charge on any atom is -0.444 e. The molecule has 1 amide bonds. The third-order valence-corrected chi connectivity index (χ3v) is 4.69. The van der Waals surface area contributed by atoms with Crippen molar-refractivity contribution in [1.29, 1.82) is 0 Å². The van der Waals surface area contributed by atoms with Crippen LogP contribution >= 0.6 is 31.9 Å². The summed E-state index contributed by atoms with van der Waals surface area (Å²) in [5.74, 6) is 0. The average Bonchev–Trinajstić information content (AvgIpc) is 2.10. The molecular formula is C11H19Br2NO3. The molecule has 1 unspecified atom stereocenters. The van der Waals surface area contributed by atoms with Crippen molar-refractivity contribution in [2.75, 3.05) is 18.4 Å². The molecule has 1 rings (SSSR count). The summed E-state index contributed by atoms with van der Waals surface area (Å²) in [4.78, 5) is 13.4. The Morgan fingerprint density at radius 2 is 2.06 bits per heavy atom. The maximum Gasteiger partial charge on any atom is 0.410 e. The highest BCUT2D eigenvalue weighted by Gasteiger charge is 2.45. The Morgan fingerprint density at radius 1 is 1.53 bits per heavy atom. The zero-order valence-corrected chi connectivity index (χ0v) is 13.5. The normalized spacial score (nSPS) is 20.7. The number of halogens is 2. The lowest BCUT2D eigenvalue weighted by atomic mass is 9.90. The van der Waals surface area contributed by atoms with Gasteiger partial charge in [-0.1, -0.05) is 31.9 Å². The number of ether oxygens (including phenoxy) is 1. The van der Waals surface area contributed by atoms with E-state index in [2.05, 4.69) is 31.9 Å². The van der Waals surface area contributed by atoms with E-state index in [4.69, 9.17) is 4.74 Å². The van der Waals surface area contributed by atoms with Crippen LogP contribution in [0.2, 0.25) is 0 Å². The van der Waals surface area contributed by atoms with Crippen LogP contribution in [0.1, 0.15) is 27.2 Å². The summed E-state index contributed by atoms with van der Waals surface area (Å²) in [5.41, 5.74) is -1.27. The first kappa shape index (κ1) is 15.2. The van der Waals surface area contributed by atoms with Crippen molar-refractivity contribution in [2.24, 2.45) is 0 Å². The predicted octanol–water partition coefficient (Wildman–Crippen LogP) is 2.52. The maximum atomic E-state index is 11.7. The van der Waals surface area contributed by atoms with E-state index in [0.717, 1.165) is 5.33 Å². The van der Waals surface area contributed by atoms with Gasteiger partial charge in [-0.25, -0.2) is 4.79 Å². The molecule has 0 radical (unpaired) electrons. The summed E-state index contributed by atoms with van der Waals surface area (Å²) in [6.07, 6.45) is 0.268. The number of rotatable bonds is 3. The van der Waals surface area contributed by atoms with E-state index in [-0.39, 0.29) is 10.9 Å². The summed E-state index contributed by atoms with van der Waals surface area (Å²) in [7, 11) is 0. The van der Waals surface area contributed by atoms with Gasteiger partial charge in [-0.05, 0) is 27.2 Å². The number of hydrogen-bond donors (Lipinski definition) is 1. The van der Waals surface area contributed by atoms with Crippen molar-refractivity contribution in [3.63, 3.8) is 0 Å². The molecule has 0 aromatic rings. The lowest BCUT2D eigenvalue weighted by molar-refractivity contribution is -0.101. The number of β-amino-alcohol motifs (C(OH)–C–C–N with tert-alkyl or cyclic N) is 1. The topological polar surface area (TPSA) is 49.8 Å². The van der Waals surface area contributed by atoms with Crippen molar-refractivity contribution in [2.45, 2.75) is 43.2 Å². The van der Waals surface area contributed by atoms with Crippen LogP contribution in [0, 0.1) is 0 Å². The standard InChI is InChI=1S/C11H19Br2NO3/c1-10(2,3)17-9(15)14-6-11(16,7-14)4-8(13)5-12/h8,16H,4-7H2,1-3H3. The fraction of sp³-hybridized carbons (Fsp3) is 0.909. The van der Waals surface area contributed by atoms with Crippen LogP contribution in [-0.2, 0) is 4.74 Å². The molecule has 1 aliphatic rings. The second kappa shape index (κ2) is 5.45. The Labute approximate surface area is 119 Å². The molecule has 0 saturated carbocycles. The van der Waals surface area contributed by atoms with Crippen LogP contribution in [0.4, 0.5) is 4.79 Å². The highest BCUT2D eigenvalue weighted by atomic mass is 79.9. The van der Waals surface area contributed by atoms with Gasteiger partial charge >= 0.3 is 6.09 Å². The minimum atomic E-state index is -0.779. The summed E-state index contributed by atoms with van der Waals surface area (Å²) in [6, 6.07) is 0. The van der Waals surface area contributed by atoms with Gasteiger partial charge in [-0.3, -0.25) is 0 Å². The number of carbonyl (C=O) groups excluding carboxylic acids is 1. The third kappa shape index (κ3) is 4.75. The molecule has 1 atom stereocenters. The molecular weight excluding hydrogens is 354 g/mol. The number of amides is 1. The van der Waals surface area contributed by atoms with Crippen LogP contribution in [0.15, 0.2) is 0 Å². The number of aliphatic hydroxyl groups is 1. The van der Waals surface area contributed by atoms with Crippen molar-refractivity contribution < 1.29 is 14.6 Å². The van der Waals surface area contributed by atoms with Crippen molar-refractivity contribution in [3.05, 3.63) is 0 Å². The largest absolute Gasteiger partial charge is 0.444 e. The van der Waals surface area contributed by atoms with E-state index < -0.39 is 11.2 Å². The number of nitrogens with zero attached hydrogens (tertiary/aromatic N) is 1. The highest BCUT2D eigenvalue weighted by Crippen LogP contribution is 2.30. The molecule has 0 spiro atoms. The zero-order chi connectivity index (χ0) is 13.3. The lowest BCUT2D eigenvalue weighted by Gasteiger charge is -2.47. The smallest absolute Gasteiger partial charge is 0.410 e. The van der Waals surface area contributed by atoms with Gasteiger partial charge in [-0.15, -0.1) is 0 Å². The number of carbonyl (C=O) groups is 1. The van der Waals surface area contributed by atoms with Crippen molar-refractivity contribution >= 4 is 38.0 Å². The maximum absolute atomic E-state index is 11.7. The molecule has 1 fully saturated rings. The molecule has 17 heavy (non-hydrogen) atoms. The fourth-order valence-corrected chi connectivity index (χ4v) is 2.55. The van der Waals surface area contributed by atoms with Crippen LogP contribution in [0.3, 0.4) is 0 Å². The first-order chi connectivity index (χ1) is 7.65. The van der Waals surface area contributed by atoms with E-state index in [1.165, 1.54) is 4.90 Å². The van der Waals surface area contributed by atoms with Crippen LogP contribution in [0.5, 0.6) is 0 Å². The molecule has 0 aromatic heterocycles. The average molecular weight is 373 g/mol. The highest BCUT2D eigenvalue weighted by molar-refractivity contribution is 9.12. The predicted molar refractivity (Wildman–Crippen MR) is 73.9 cm³/mol. The second-order valence-electron chi connectivity index (χ2n) is 5.52. The third-order valence-electron chi connectivity index (χ3n) is 2.39. The molecule has 0 bridgehead atoms. The SMILES string of the molecule is CC(C)(C)OC(=O)N1CC(O)(CC(Br)CBr)C1. The van der Waals surface area contributed by atoms with Gasteiger partial charge in [0.15, 0.2) is 0 Å². The lowest BCUT2D eigenvalue weighted by Crippen LogP contribution is -2.64. The Kier molecular flexibility index (Phi) is 4.88. The van der Waals surface area contributed by atoms with Crippen molar-refractivity contribution in [1.82, 2.24) is 4.90 Å². The summed E-state index contributed by atoms with van der Waals surface area (Å²) in [6.45, 7) is 6.18. The molecule has 0 aromatic carbocycles.